The molecule has 1 aromatic rings. The van der Waals surface area contributed by atoms with E-state index in [1.807, 2.05) is 0 Å². The maximum absolute atomic E-state index is 12.7. The average Bonchev–Trinajstić information content (AvgIpc) is 2.59. The summed E-state index contributed by atoms with van der Waals surface area (Å²) < 4.78 is 4.82. The highest BCUT2D eigenvalue weighted by molar-refractivity contribution is 6.26. The quantitative estimate of drug-likeness (QED) is 0.341. The van der Waals surface area contributed by atoms with Gasteiger partial charge >= 0.3 is 5.97 Å². The topological polar surface area (TPSA) is 182 Å². The Morgan fingerprint density at radius 3 is 2.38 bits per heavy atom. The second-order valence-corrected chi connectivity index (χ2v) is 5.95. The van der Waals surface area contributed by atoms with E-state index in [0.29, 0.717) is 6.08 Å². The van der Waals surface area contributed by atoms with Crippen molar-refractivity contribution in [2.24, 2.45) is 0 Å². The first kappa shape index (κ1) is 18.2. The molecule has 1 saturated heterocycles. The van der Waals surface area contributed by atoms with Gasteiger partial charge in [-0.15, -0.1) is 0 Å². The van der Waals surface area contributed by atoms with E-state index in [4.69, 9.17) is 9.84 Å². The number of carbonyl (C=O) groups is 3. The molecule has 0 spiro atoms. The Hall–Kier alpha value is -2.63. The molecule has 0 aromatic heterocycles. The van der Waals surface area contributed by atoms with Crippen LogP contribution in [0.2, 0.25) is 0 Å². The zero-order valence-electron chi connectivity index (χ0n) is 12.9. The second-order valence-electron chi connectivity index (χ2n) is 5.95. The van der Waals surface area contributed by atoms with Gasteiger partial charge in [0.05, 0.1) is 11.1 Å². The predicted molar refractivity (Wildman–Crippen MR) is 80.3 cm³/mol. The lowest BCUT2D eigenvalue weighted by Gasteiger charge is -2.45. The molecule has 1 aliphatic carbocycles. The van der Waals surface area contributed by atoms with Crippen molar-refractivity contribution in [1.29, 1.82) is 0 Å². The molecule has 5 atom stereocenters. The summed E-state index contributed by atoms with van der Waals surface area (Å²) in [6.45, 7) is 0. The number of benzene rings is 1. The monoisotopic (exact) mass is 366 g/mol. The van der Waals surface area contributed by atoms with Crippen LogP contribution in [0.15, 0.2) is 29.8 Å². The van der Waals surface area contributed by atoms with E-state index in [1.54, 1.807) is 0 Å². The van der Waals surface area contributed by atoms with Crippen LogP contribution in [0.25, 0.3) is 0 Å². The number of rotatable bonds is 2. The van der Waals surface area contributed by atoms with Crippen molar-refractivity contribution in [3.8, 4) is 5.75 Å². The molecule has 2 aliphatic rings. The number of aliphatic hydroxyl groups excluding tert-OH is 3. The van der Waals surface area contributed by atoms with E-state index in [9.17, 15) is 39.9 Å². The molecule has 1 unspecified atom stereocenters. The molecule has 26 heavy (non-hydrogen) atoms. The molecule has 1 aliphatic heterocycles. The maximum atomic E-state index is 12.7. The Labute approximate surface area is 145 Å². The second kappa shape index (κ2) is 5.97. The van der Waals surface area contributed by atoms with E-state index < -0.39 is 64.6 Å². The van der Waals surface area contributed by atoms with Crippen LogP contribution in [-0.4, -0.2) is 78.4 Å². The minimum Gasteiger partial charge on any atom is -0.507 e. The van der Waals surface area contributed by atoms with Crippen LogP contribution in [0.4, 0.5) is 0 Å². The Morgan fingerprint density at radius 2 is 1.77 bits per heavy atom. The lowest BCUT2D eigenvalue weighted by atomic mass is 9.80. The third-order valence-electron chi connectivity index (χ3n) is 4.38. The number of aromatic hydroxyl groups is 1. The number of aliphatic carboxylic acids is 1. The summed E-state index contributed by atoms with van der Waals surface area (Å²) in [6, 6.07) is 3.69. The first-order chi connectivity index (χ1) is 12.1. The molecule has 0 amide bonds. The molecule has 6 N–H and O–H groups in total. The van der Waals surface area contributed by atoms with Gasteiger partial charge in [0.1, 0.15) is 24.1 Å². The Morgan fingerprint density at radius 1 is 1.12 bits per heavy atom. The number of Topliss-reactive ketones (excluding diaryl/α,β-unsaturated/α-hetero) is 1. The van der Waals surface area contributed by atoms with Gasteiger partial charge in [0.25, 0.3) is 0 Å². The fourth-order valence-electron chi connectivity index (χ4n) is 3.01. The number of hydrogen-bond donors (Lipinski definition) is 6. The summed E-state index contributed by atoms with van der Waals surface area (Å²) in [5, 5.41) is 59.2. The largest absolute Gasteiger partial charge is 0.507 e. The molecular formula is C16H14O10. The third-order valence-corrected chi connectivity index (χ3v) is 4.38. The van der Waals surface area contributed by atoms with Crippen LogP contribution in [0.3, 0.4) is 0 Å². The Bertz CT molecular complexity index is 843. The lowest BCUT2D eigenvalue weighted by Crippen LogP contribution is -2.67. The van der Waals surface area contributed by atoms with Gasteiger partial charge in [0.15, 0.2) is 17.7 Å². The van der Waals surface area contributed by atoms with Crippen molar-refractivity contribution in [3.63, 3.8) is 0 Å². The molecule has 0 saturated carbocycles. The molecule has 1 heterocycles. The van der Waals surface area contributed by atoms with Gasteiger partial charge < -0.3 is 35.4 Å². The summed E-state index contributed by atoms with van der Waals surface area (Å²) in [7, 11) is 0. The van der Waals surface area contributed by atoms with Crippen LogP contribution in [0.5, 0.6) is 5.75 Å². The van der Waals surface area contributed by atoms with Crippen molar-refractivity contribution in [2.75, 3.05) is 0 Å². The highest BCUT2D eigenvalue weighted by Gasteiger charge is 2.59. The van der Waals surface area contributed by atoms with Crippen LogP contribution < -0.4 is 0 Å². The Kier molecular flexibility index (Phi) is 4.17. The van der Waals surface area contributed by atoms with Gasteiger partial charge in [0.2, 0.25) is 5.79 Å². The summed E-state index contributed by atoms with van der Waals surface area (Å²) in [6.07, 6.45) is -8.20. The van der Waals surface area contributed by atoms with Crippen molar-refractivity contribution >= 4 is 17.5 Å². The lowest BCUT2D eigenvalue weighted by molar-refractivity contribution is -0.322. The molecule has 10 heteroatoms. The number of aliphatic hydroxyl groups is 4. The third kappa shape index (κ3) is 2.43. The van der Waals surface area contributed by atoms with Crippen LogP contribution in [0.1, 0.15) is 20.7 Å². The van der Waals surface area contributed by atoms with Gasteiger partial charge in [0, 0.05) is 5.56 Å². The van der Waals surface area contributed by atoms with Crippen LogP contribution >= 0.6 is 0 Å². The van der Waals surface area contributed by atoms with Gasteiger partial charge in [-0.1, -0.05) is 12.1 Å². The molecule has 3 rings (SSSR count). The number of carboxylic acid groups (broad SMARTS) is 1. The van der Waals surface area contributed by atoms with Crippen molar-refractivity contribution in [1.82, 2.24) is 0 Å². The van der Waals surface area contributed by atoms with E-state index in [-0.39, 0.29) is 5.56 Å². The number of allylic oxidation sites excluding steroid dienone is 1. The number of phenolic OH excluding ortho intramolecular Hbond substituents is 1. The number of ketones is 2. The average molecular weight is 366 g/mol. The van der Waals surface area contributed by atoms with E-state index in [1.165, 1.54) is 12.1 Å². The first-order valence-corrected chi connectivity index (χ1v) is 7.40. The van der Waals surface area contributed by atoms with Gasteiger partial charge in [-0.2, -0.15) is 0 Å². The number of carboxylic acids is 1. The van der Waals surface area contributed by atoms with Crippen LogP contribution in [0, 0.1) is 0 Å². The number of ether oxygens (including phenoxy) is 1. The fourth-order valence-corrected chi connectivity index (χ4v) is 3.01. The molecule has 0 bridgehead atoms. The van der Waals surface area contributed by atoms with E-state index in [0.717, 1.165) is 6.07 Å². The van der Waals surface area contributed by atoms with Gasteiger partial charge in [-0.25, -0.2) is 4.79 Å². The van der Waals surface area contributed by atoms with Gasteiger partial charge in [-0.05, 0) is 12.1 Å². The maximum Gasteiger partial charge on any atom is 0.335 e. The fraction of sp³-hybridized carbons (Fsp3) is 0.312. The highest BCUT2D eigenvalue weighted by atomic mass is 16.7. The summed E-state index contributed by atoms with van der Waals surface area (Å²) >= 11 is 0. The van der Waals surface area contributed by atoms with Crippen molar-refractivity contribution in [3.05, 3.63) is 41.0 Å². The Balaban J connectivity index is 2.12. The molecule has 138 valence electrons. The standard InChI is InChI=1S/C16H14O10/c17-7-3-1-2-5-8(18)4-6(10(19)9(5)7)16(25)14(22)12(21)11(20)13(26-16)15(23)24/h1-4,11-14,17,20-22,25H,(H,23,24)/t11-,12-,13-,14+,16?/m0/s1. The smallest absolute Gasteiger partial charge is 0.335 e. The number of hydrogen-bond acceptors (Lipinski definition) is 9. The minimum atomic E-state index is -3.10. The first-order valence-electron chi connectivity index (χ1n) is 7.40. The van der Waals surface area contributed by atoms with Gasteiger partial charge in [-0.3, -0.25) is 9.59 Å². The summed E-state index contributed by atoms with van der Waals surface area (Å²) in [5.74, 6) is -7.38. The molecular weight excluding hydrogens is 352 g/mol. The van der Waals surface area contributed by atoms with Crippen molar-refractivity contribution < 1.29 is 49.8 Å². The summed E-state index contributed by atoms with van der Waals surface area (Å²) in [5.41, 5.74) is -1.50. The number of carbonyl (C=O) groups excluding carboxylic acids is 2. The predicted octanol–water partition coefficient (Wildman–Crippen LogP) is -2.05. The van der Waals surface area contributed by atoms with E-state index >= 15 is 0 Å². The summed E-state index contributed by atoms with van der Waals surface area (Å²) in [4.78, 5) is 36.1. The molecule has 1 fully saturated rings. The molecule has 10 nitrogen and oxygen atoms in total. The molecule has 1 aromatic carbocycles. The normalized spacial score (nSPS) is 34.2. The highest BCUT2D eigenvalue weighted by Crippen LogP contribution is 2.39. The SMILES string of the molecule is O=C1C=C(C2(O)O[C@H](C(=O)O)[C@@H](O)[C@H](O)[C@H]2O)C(=O)c2c(O)cccc21. The molecule has 0 radical (unpaired) electrons. The van der Waals surface area contributed by atoms with E-state index in [2.05, 4.69) is 0 Å². The van der Waals surface area contributed by atoms with Crippen LogP contribution in [-0.2, 0) is 9.53 Å². The minimum absolute atomic E-state index is 0.164. The van der Waals surface area contributed by atoms with Crippen molar-refractivity contribution in [2.45, 2.75) is 30.2 Å². The number of phenols is 1. The number of fused-ring (bicyclic) bond motifs is 1. The zero-order chi connectivity index (χ0) is 19.4. The zero-order valence-corrected chi connectivity index (χ0v) is 12.9.